The van der Waals surface area contributed by atoms with Gasteiger partial charge >= 0.3 is 5.97 Å². The number of aromatic nitrogens is 6. The van der Waals surface area contributed by atoms with Crippen molar-refractivity contribution in [1.29, 1.82) is 0 Å². The van der Waals surface area contributed by atoms with E-state index in [1.165, 1.54) is 11.9 Å². The topological polar surface area (TPSA) is 87.2 Å². The summed E-state index contributed by atoms with van der Waals surface area (Å²) in [5.74, 6) is -0.519. The number of carbonyl (C=O) groups excluding carboxylic acids is 1. The zero-order valence-corrected chi connectivity index (χ0v) is 12.2. The SMILES string of the molecule is COC(=O)c1cc(-c2cnn(C)n2)n2nc(Br)cc2n1. The number of methoxy groups -OCH3 is 1. The molecule has 8 nitrogen and oxygen atoms in total. The molecule has 0 atom stereocenters. The molecule has 0 N–H and O–H groups in total. The highest BCUT2D eigenvalue weighted by molar-refractivity contribution is 9.10. The molecule has 0 radical (unpaired) electrons. The average Bonchev–Trinajstić information content (AvgIpc) is 3.01. The van der Waals surface area contributed by atoms with E-state index in [1.54, 1.807) is 29.9 Å². The highest BCUT2D eigenvalue weighted by atomic mass is 79.9. The average molecular weight is 337 g/mol. The van der Waals surface area contributed by atoms with Crippen molar-refractivity contribution in [2.45, 2.75) is 0 Å². The van der Waals surface area contributed by atoms with Gasteiger partial charge in [0.2, 0.25) is 0 Å². The minimum Gasteiger partial charge on any atom is -0.464 e. The fourth-order valence-corrected chi connectivity index (χ4v) is 2.16. The molecule has 0 saturated heterocycles. The predicted octanol–water partition coefficient (Wildman–Crippen LogP) is 1.07. The number of ether oxygens (including phenoxy) is 1. The molecule has 0 amide bonds. The third-order valence-corrected chi connectivity index (χ3v) is 3.04. The molecule has 0 aliphatic heterocycles. The Morgan fingerprint density at radius 1 is 1.35 bits per heavy atom. The number of hydrogen-bond acceptors (Lipinski definition) is 6. The Morgan fingerprint density at radius 3 is 2.80 bits per heavy atom. The first-order valence-corrected chi connectivity index (χ1v) is 6.39. The van der Waals surface area contributed by atoms with Crippen molar-refractivity contribution in [3.63, 3.8) is 0 Å². The molecule has 0 fully saturated rings. The van der Waals surface area contributed by atoms with Gasteiger partial charge < -0.3 is 4.74 Å². The number of hydrogen-bond donors (Lipinski definition) is 0. The van der Waals surface area contributed by atoms with E-state index >= 15 is 0 Å². The van der Waals surface area contributed by atoms with E-state index in [-0.39, 0.29) is 5.69 Å². The van der Waals surface area contributed by atoms with Gasteiger partial charge in [0.05, 0.1) is 19.0 Å². The number of aryl methyl sites for hydroxylation is 1. The minimum atomic E-state index is -0.519. The van der Waals surface area contributed by atoms with Crippen LogP contribution >= 0.6 is 15.9 Å². The van der Waals surface area contributed by atoms with Crippen molar-refractivity contribution in [3.8, 4) is 11.4 Å². The van der Waals surface area contributed by atoms with Crippen molar-refractivity contribution in [2.24, 2.45) is 7.05 Å². The zero-order chi connectivity index (χ0) is 14.3. The van der Waals surface area contributed by atoms with E-state index in [0.29, 0.717) is 21.6 Å². The molecule has 102 valence electrons. The fourth-order valence-electron chi connectivity index (χ4n) is 1.80. The van der Waals surface area contributed by atoms with Crippen LogP contribution in [-0.2, 0) is 11.8 Å². The molecule has 3 aromatic rings. The van der Waals surface area contributed by atoms with Gasteiger partial charge in [0.1, 0.15) is 10.3 Å². The Morgan fingerprint density at radius 2 is 2.15 bits per heavy atom. The summed E-state index contributed by atoms with van der Waals surface area (Å²) in [7, 11) is 3.02. The molecule has 0 aliphatic rings. The molecule has 3 aromatic heterocycles. The van der Waals surface area contributed by atoms with Crippen LogP contribution in [0.4, 0.5) is 0 Å². The zero-order valence-electron chi connectivity index (χ0n) is 10.6. The standard InChI is InChI=1S/C11H9BrN6O2/c1-17-13-5-7(15-17)8-3-6(11(19)20-2)14-10-4-9(12)16-18(8)10/h3-5H,1-2H3. The second-order valence-corrected chi connectivity index (χ2v) is 4.79. The van der Waals surface area contributed by atoms with Crippen LogP contribution in [0.15, 0.2) is 22.9 Å². The normalized spacial score (nSPS) is 10.9. The lowest BCUT2D eigenvalue weighted by atomic mass is 10.2. The second kappa shape index (κ2) is 4.67. The van der Waals surface area contributed by atoms with Crippen molar-refractivity contribution in [3.05, 3.63) is 28.6 Å². The second-order valence-electron chi connectivity index (χ2n) is 3.97. The number of halogens is 1. The summed E-state index contributed by atoms with van der Waals surface area (Å²) < 4.78 is 6.90. The molecule has 0 aliphatic carbocycles. The van der Waals surface area contributed by atoms with Crippen LogP contribution in [0, 0.1) is 0 Å². The van der Waals surface area contributed by atoms with Crippen molar-refractivity contribution >= 4 is 27.5 Å². The number of rotatable bonds is 2. The largest absolute Gasteiger partial charge is 0.464 e. The monoisotopic (exact) mass is 336 g/mol. The minimum absolute atomic E-state index is 0.188. The maximum atomic E-state index is 11.7. The summed E-state index contributed by atoms with van der Waals surface area (Å²) in [6.07, 6.45) is 1.59. The summed E-state index contributed by atoms with van der Waals surface area (Å²) in [5.41, 5.74) is 1.89. The van der Waals surface area contributed by atoms with Crippen LogP contribution in [-0.4, -0.2) is 42.7 Å². The Balaban J connectivity index is 2.29. The highest BCUT2D eigenvalue weighted by Gasteiger charge is 2.17. The number of nitrogens with zero attached hydrogens (tertiary/aromatic N) is 6. The summed E-state index contributed by atoms with van der Waals surface area (Å²) in [6.45, 7) is 0. The fraction of sp³-hybridized carbons (Fsp3) is 0.182. The van der Waals surface area contributed by atoms with Gasteiger partial charge in [-0.15, -0.1) is 0 Å². The Hall–Kier alpha value is -2.29. The molecule has 0 aromatic carbocycles. The summed E-state index contributed by atoms with van der Waals surface area (Å²) in [4.78, 5) is 17.3. The summed E-state index contributed by atoms with van der Waals surface area (Å²) in [6, 6.07) is 3.27. The maximum absolute atomic E-state index is 11.7. The number of fused-ring (bicyclic) bond motifs is 1. The molecule has 3 rings (SSSR count). The Labute approximate surface area is 121 Å². The molecular formula is C11H9BrN6O2. The van der Waals surface area contributed by atoms with Gasteiger partial charge in [0.25, 0.3) is 0 Å². The van der Waals surface area contributed by atoms with Gasteiger partial charge in [-0.1, -0.05) is 0 Å². The van der Waals surface area contributed by atoms with Crippen LogP contribution in [0.2, 0.25) is 0 Å². The molecule has 9 heteroatoms. The molecule has 3 heterocycles. The van der Waals surface area contributed by atoms with Gasteiger partial charge in [0.15, 0.2) is 11.3 Å². The van der Waals surface area contributed by atoms with Crippen molar-refractivity contribution in [1.82, 2.24) is 29.6 Å². The third-order valence-electron chi connectivity index (χ3n) is 2.65. The Bertz CT molecular complexity index is 808. The summed E-state index contributed by atoms with van der Waals surface area (Å²) >= 11 is 3.29. The van der Waals surface area contributed by atoms with Crippen LogP contribution in [0.5, 0.6) is 0 Å². The summed E-state index contributed by atoms with van der Waals surface area (Å²) in [5, 5.41) is 12.5. The van der Waals surface area contributed by atoms with Crippen molar-refractivity contribution in [2.75, 3.05) is 7.11 Å². The molecule has 20 heavy (non-hydrogen) atoms. The van der Waals surface area contributed by atoms with Crippen molar-refractivity contribution < 1.29 is 9.53 Å². The molecular weight excluding hydrogens is 328 g/mol. The molecule has 0 bridgehead atoms. The van der Waals surface area contributed by atoms with E-state index in [4.69, 9.17) is 4.74 Å². The van der Waals surface area contributed by atoms with Crippen LogP contribution in [0.25, 0.3) is 17.0 Å². The lowest BCUT2D eigenvalue weighted by Gasteiger charge is -2.04. The lowest BCUT2D eigenvalue weighted by Crippen LogP contribution is -2.08. The van der Waals surface area contributed by atoms with E-state index in [1.807, 2.05) is 0 Å². The van der Waals surface area contributed by atoms with Gasteiger partial charge in [-0.3, -0.25) is 0 Å². The lowest BCUT2D eigenvalue weighted by molar-refractivity contribution is 0.0594. The number of esters is 1. The molecule has 0 spiro atoms. The highest BCUT2D eigenvalue weighted by Crippen LogP contribution is 2.21. The first-order valence-electron chi connectivity index (χ1n) is 5.60. The van der Waals surface area contributed by atoms with Crippen LogP contribution in [0.3, 0.4) is 0 Å². The first-order chi connectivity index (χ1) is 9.58. The Kier molecular flexibility index (Phi) is 2.97. The first kappa shape index (κ1) is 12.7. The smallest absolute Gasteiger partial charge is 0.356 e. The third kappa shape index (κ3) is 2.05. The molecule has 0 unspecified atom stereocenters. The predicted molar refractivity (Wildman–Crippen MR) is 72.0 cm³/mol. The van der Waals surface area contributed by atoms with Gasteiger partial charge in [0, 0.05) is 13.1 Å². The maximum Gasteiger partial charge on any atom is 0.356 e. The number of carbonyl (C=O) groups is 1. The van der Waals surface area contributed by atoms with E-state index < -0.39 is 5.97 Å². The van der Waals surface area contributed by atoms with Crippen LogP contribution < -0.4 is 0 Å². The van der Waals surface area contributed by atoms with E-state index in [2.05, 4.69) is 36.2 Å². The van der Waals surface area contributed by atoms with Gasteiger partial charge in [-0.25, -0.2) is 14.3 Å². The van der Waals surface area contributed by atoms with E-state index in [9.17, 15) is 4.79 Å². The van der Waals surface area contributed by atoms with Gasteiger partial charge in [-0.05, 0) is 22.0 Å². The van der Waals surface area contributed by atoms with Gasteiger partial charge in [-0.2, -0.15) is 20.1 Å². The quantitative estimate of drug-likeness (QED) is 0.650. The van der Waals surface area contributed by atoms with Crippen LogP contribution in [0.1, 0.15) is 10.5 Å². The molecule has 0 saturated carbocycles. The van der Waals surface area contributed by atoms with E-state index in [0.717, 1.165) is 0 Å².